The van der Waals surface area contributed by atoms with Crippen molar-refractivity contribution in [3.63, 3.8) is 0 Å². The van der Waals surface area contributed by atoms with Gasteiger partial charge in [0.2, 0.25) is 0 Å². The van der Waals surface area contributed by atoms with Gasteiger partial charge in [-0.05, 0) is 49.9 Å². The summed E-state index contributed by atoms with van der Waals surface area (Å²) in [6, 6.07) is 5.05. The molecule has 0 spiro atoms. The van der Waals surface area contributed by atoms with Gasteiger partial charge in [0.1, 0.15) is 0 Å². The van der Waals surface area contributed by atoms with Crippen molar-refractivity contribution >= 4 is 23.1 Å². The van der Waals surface area contributed by atoms with Crippen LogP contribution in [0.25, 0.3) is 0 Å². The van der Waals surface area contributed by atoms with E-state index in [9.17, 15) is 0 Å². The van der Waals surface area contributed by atoms with Gasteiger partial charge < -0.3 is 5.32 Å². The predicted molar refractivity (Wildman–Crippen MR) is 75.6 cm³/mol. The summed E-state index contributed by atoms with van der Waals surface area (Å²) >= 11 is 4.04. The third kappa shape index (κ3) is 2.82. The first-order valence-corrected chi connectivity index (χ1v) is 8.01. The summed E-state index contributed by atoms with van der Waals surface area (Å²) in [7, 11) is 0. The topological polar surface area (TPSA) is 12.0 Å². The van der Waals surface area contributed by atoms with Crippen molar-refractivity contribution in [2.24, 2.45) is 0 Å². The Morgan fingerprint density at radius 1 is 1.56 bits per heavy atom. The molecule has 1 nitrogen and oxygen atoms in total. The lowest BCUT2D eigenvalue weighted by Crippen LogP contribution is -2.46. The van der Waals surface area contributed by atoms with Gasteiger partial charge >= 0.3 is 0 Å². The van der Waals surface area contributed by atoms with E-state index in [1.165, 1.54) is 29.9 Å². The first kappa shape index (κ1) is 12.5. The van der Waals surface area contributed by atoms with E-state index in [1.54, 1.807) is 0 Å². The molecule has 2 heterocycles. The van der Waals surface area contributed by atoms with Crippen LogP contribution in [-0.2, 0) is 6.42 Å². The highest BCUT2D eigenvalue weighted by molar-refractivity contribution is 8.00. The van der Waals surface area contributed by atoms with Crippen LogP contribution in [0.2, 0.25) is 0 Å². The average Bonchev–Trinajstić information content (AvgIpc) is 2.89. The van der Waals surface area contributed by atoms with E-state index in [2.05, 4.69) is 48.4 Å². The van der Waals surface area contributed by atoms with Crippen LogP contribution in [0, 0.1) is 0 Å². The standard InChI is InChI=1S/C13H21NS2/c1-3-14-12(10-11-6-4-8-15-11)13(2)7-5-9-16-13/h4,6,8,12,14H,3,5,7,9-10H2,1-2H3. The smallest absolute Gasteiger partial charge is 0.0288 e. The molecule has 0 radical (unpaired) electrons. The van der Waals surface area contributed by atoms with Crippen LogP contribution in [-0.4, -0.2) is 23.1 Å². The lowest BCUT2D eigenvalue weighted by molar-refractivity contribution is 0.408. The number of hydrogen-bond acceptors (Lipinski definition) is 3. The van der Waals surface area contributed by atoms with E-state index in [-0.39, 0.29) is 0 Å². The van der Waals surface area contributed by atoms with Gasteiger partial charge in [0.15, 0.2) is 0 Å². The van der Waals surface area contributed by atoms with Crippen LogP contribution in [0.1, 0.15) is 31.6 Å². The Morgan fingerprint density at radius 2 is 2.44 bits per heavy atom. The fourth-order valence-electron chi connectivity index (χ4n) is 2.46. The predicted octanol–water partition coefficient (Wildman–Crippen LogP) is 3.55. The molecule has 1 aromatic rings. The maximum absolute atomic E-state index is 3.69. The Bertz CT molecular complexity index is 302. The normalized spacial score (nSPS) is 27.1. The van der Waals surface area contributed by atoms with Crippen LogP contribution in [0.15, 0.2) is 17.5 Å². The minimum absolute atomic E-state index is 0.444. The van der Waals surface area contributed by atoms with E-state index in [1.807, 2.05) is 11.3 Å². The molecule has 90 valence electrons. The molecule has 0 saturated carbocycles. The van der Waals surface area contributed by atoms with Crippen molar-refractivity contribution in [3.05, 3.63) is 22.4 Å². The molecule has 0 aliphatic carbocycles. The van der Waals surface area contributed by atoms with Crippen LogP contribution >= 0.6 is 23.1 Å². The Labute approximate surface area is 107 Å². The molecule has 0 aromatic carbocycles. The molecule has 1 N–H and O–H groups in total. The Hall–Kier alpha value is 0.01000. The summed E-state index contributed by atoms with van der Waals surface area (Å²) in [6.45, 7) is 5.72. The second kappa shape index (κ2) is 5.56. The van der Waals surface area contributed by atoms with Crippen LogP contribution < -0.4 is 5.32 Å². The SMILES string of the molecule is CCNC(Cc1cccs1)C1(C)CCCS1. The van der Waals surface area contributed by atoms with Crippen LogP contribution in [0.4, 0.5) is 0 Å². The minimum atomic E-state index is 0.444. The molecule has 1 aromatic heterocycles. The van der Waals surface area contributed by atoms with Gasteiger partial charge in [-0.3, -0.25) is 0 Å². The van der Waals surface area contributed by atoms with Crippen molar-refractivity contribution in [3.8, 4) is 0 Å². The Balaban J connectivity index is 2.04. The maximum atomic E-state index is 3.69. The molecule has 16 heavy (non-hydrogen) atoms. The van der Waals surface area contributed by atoms with E-state index in [4.69, 9.17) is 0 Å². The van der Waals surface area contributed by atoms with E-state index < -0.39 is 0 Å². The number of thioether (sulfide) groups is 1. The highest BCUT2D eigenvalue weighted by atomic mass is 32.2. The number of hydrogen-bond donors (Lipinski definition) is 1. The van der Waals surface area contributed by atoms with Crippen LogP contribution in [0.3, 0.4) is 0 Å². The van der Waals surface area contributed by atoms with Gasteiger partial charge in [-0.1, -0.05) is 13.0 Å². The van der Waals surface area contributed by atoms with Crippen molar-refractivity contribution in [2.75, 3.05) is 12.3 Å². The first-order chi connectivity index (χ1) is 7.74. The van der Waals surface area contributed by atoms with E-state index >= 15 is 0 Å². The summed E-state index contributed by atoms with van der Waals surface area (Å²) < 4.78 is 0.444. The molecule has 2 rings (SSSR count). The maximum Gasteiger partial charge on any atom is 0.0288 e. The van der Waals surface area contributed by atoms with Gasteiger partial charge in [-0.25, -0.2) is 0 Å². The molecule has 2 atom stereocenters. The monoisotopic (exact) mass is 255 g/mol. The second-order valence-electron chi connectivity index (χ2n) is 4.66. The van der Waals surface area contributed by atoms with Crippen molar-refractivity contribution in [1.82, 2.24) is 5.32 Å². The lowest BCUT2D eigenvalue weighted by Gasteiger charge is -2.33. The molecule has 1 aliphatic rings. The van der Waals surface area contributed by atoms with Gasteiger partial charge in [0.25, 0.3) is 0 Å². The Morgan fingerprint density at radius 3 is 3.00 bits per heavy atom. The van der Waals surface area contributed by atoms with Gasteiger partial charge in [0.05, 0.1) is 0 Å². The van der Waals surface area contributed by atoms with Gasteiger partial charge in [0, 0.05) is 15.7 Å². The summed E-state index contributed by atoms with van der Waals surface area (Å²) in [5.41, 5.74) is 0. The summed E-state index contributed by atoms with van der Waals surface area (Å²) in [5.74, 6) is 1.34. The molecule has 0 bridgehead atoms. The zero-order valence-electron chi connectivity index (χ0n) is 10.2. The summed E-state index contributed by atoms with van der Waals surface area (Å²) in [5, 5.41) is 5.87. The lowest BCUT2D eigenvalue weighted by atomic mass is 9.93. The number of thiophene rings is 1. The third-order valence-electron chi connectivity index (χ3n) is 3.42. The Kier molecular flexibility index (Phi) is 4.34. The number of likely N-dealkylation sites (N-methyl/N-ethyl adjacent to an activating group) is 1. The summed E-state index contributed by atoms with van der Waals surface area (Å²) in [4.78, 5) is 1.51. The zero-order chi connectivity index (χ0) is 11.4. The zero-order valence-corrected chi connectivity index (χ0v) is 11.8. The fourth-order valence-corrected chi connectivity index (χ4v) is 4.62. The highest BCUT2D eigenvalue weighted by Crippen LogP contribution is 2.41. The summed E-state index contributed by atoms with van der Waals surface area (Å²) in [6.07, 6.45) is 3.93. The van der Waals surface area contributed by atoms with Crippen molar-refractivity contribution < 1.29 is 0 Å². The first-order valence-electron chi connectivity index (χ1n) is 6.14. The van der Waals surface area contributed by atoms with Crippen LogP contribution in [0.5, 0.6) is 0 Å². The van der Waals surface area contributed by atoms with Gasteiger partial charge in [-0.15, -0.1) is 11.3 Å². The second-order valence-corrected chi connectivity index (χ2v) is 7.32. The van der Waals surface area contributed by atoms with Gasteiger partial charge in [-0.2, -0.15) is 11.8 Å². The van der Waals surface area contributed by atoms with E-state index in [0.717, 1.165) is 6.54 Å². The molecular formula is C13H21NS2. The van der Waals surface area contributed by atoms with E-state index in [0.29, 0.717) is 10.8 Å². The fraction of sp³-hybridized carbons (Fsp3) is 0.692. The highest BCUT2D eigenvalue weighted by Gasteiger charge is 2.37. The quantitative estimate of drug-likeness (QED) is 0.863. The number of nitrogens with one attached hydrogen (secondary N) is 1. The molecule has 0 amide bonds. The van der Waals surface area contributed by atoms with Crippen molar-refractivity contribution in [2.45, 2.75) is 43.9 Å². The third-order valence-corrected chi connectivity index (χ3v) is 5.96. The number of rotatable bonds is 5. The van der Waals surface area contributed by atoms with Crippen molar-refractivity contribution in [1.29, 1.82) is 0 Å². The molecule has 1 fully saturated rings. The molecule has 1 aliphatic heterocycles. The average molecular weight is 255 g/mol. The molecule has 3 heteroatoms. The molecular weight excluding hydrogens is 234 g/mol. The molecule has 1 saturated heterocycles. The molecule has 2 unspecified atom stereocenters. The largest absolute Gasteiger partial charge is 0.313 e. The minimum Gasteiger partial charge on any atom is -0.313 e.